The smallest absolute Gasteiger partial charge is 0.224 e. The molecule has 0 aliphatic rings. The van der Waals surface area contributed by atoms with Crippen molar-refractivity contribution < 1.29 is 13.9 Å². The number of aryl methyl sites for hydroxylation is 2. The minimum atomic E-state index is -0.0924. The predicted molar refractivity (Wildman–Crippen MR) is 115 cm³/mol. The molecule has 0 aliphatic heterocycles. The normalized spacial score (nSPS) is 10.7. The number of hydrogen-bond donors (Lipinski definition) is 1. The summed E-state index contributed by atoms with van der Waals surface area (Å²) in [7, 11) is 0. The van der Waals surface area contributed by atoms with E-state index in [9.17, 15) is 4.79 Å². The lowest BCUT2D eigenvalue weighted by molar-refractivity contribution is -0.116. The van der Waals surface area contributed by atoms with E-state index in [0.29, 0.717) is 29.7 Å². The van der Waals surface area contributed by atoms with Gasteiger partial charge in [0.2, 0.25) is 5.91 Å². The lowest BCUT2D eigenvalue weighted by atomic mass is 10.2. The quantitative estimate of drug-likeness (QED) is 0.434. The van der Waals surface area contributed by atoms with Crippen LogP contribution in [-0.2, 0) is 11.2 Å². The van der Waals surface area contributed by atoms with Crippen molar-refractivity contribution in [2.75, 3.05) is 11.9 Å². The molecule has 0 aliphatic carbocycles. The number of amides is 1. The standard InChI is InChI=1S/C23H25ClN2O3/c1-3-4-13-28-17-9-10-20(16(2)14-17)26-22(27)11-12-23-25-15-21(29-23)18-7-5-6-8-19(18)24/h5-10,14-15H,3-4,11-13H2,1-2H3,(H,26,27). The molecule has 1 heterocycles. The van der Waals surface area contributed by atoms with Gasteiger partial charge in [0.25, 0.3) is 0 Å². The third-order valence-electron chi connectivity index (χ3n) is 4.50. The number of ether oxygens (including phenoxy) is 1. The maximum absolute atomic E-state index is 12.3. The van der Waals surface area contributed by atoms with Crippen molar-refractivity contribution in [3.8, 4) is 17.1 Å². The van der Waals surface area contributed by atoms with Gasteiger partial charge in [-0.05, 0) is 49.2 Å². The van der Waals surface area contributed by atoms with Crippen LogP contribution >= 0.6 is 11.6 Å². The van der Waals surface area contributed by atoms with Crippen LogP contribution in [0.3, 0.4) is 0 Å². The lowest BCUT2D eigenvalue weighted by Gasteiger charge is -2.11. The maximum atomic E-state index is 12.3. The summed E-state index contributed by atoms with van der Waals surface area (Å²) in [5.74, 6) is 1.83. The van der Waals surface area contributed by atoms with E-state index in [1.54, 1.807) is 12.3 Å². The van der Waals surface area contributed by atoms with Crippen molar-refractivity contribution in [1.29, 1.82) is 0 Å². The van der Waals surface area contributed by atoms with Gasteiger partial charge in [-0.2, -0.15) is 0 Å². The molecule has 0 radical (unpaired) electrons. The van der Waals surface area contributed by atoms with Gasteiger partial charge in [-0.25, -0.2) is 4.98 Å². The molecule has 1 aromatic heterocycles. The Morgan fingerprint density at radius 1 is 1.24 bits per heavy atom. The Morgan fingerprint density at radius 3 is 2.83 bits per heavy atom. The number of carbonyl (C=O) groups excluding carboxylic acids is 1. The SMILES string of the molecule is CCCCOc1ccc(NC(=O)CCc2ncc(-c3ccccc3Cl)o2)c(C)c1. The molecule has 0 atom stereocenters. The Hall–Kier alpha value is -2.79. The summed E-state index contributed by atoms with van der Waals surface area (Å²) in [6.07, 6.45) is 4.44. The molecule has 0 bridgehead atoms. The highest BCUT2D eigenvalue weighted by molar-refractivity contribution is 6.33. The third-order valence-corrected chi connectivity index (χ3v) is 4.83. The molecule has 0 spiro atoms. The van der Waals surface area contributed by atoms with Gasteiger partial charge < -0.3 is 14.5 Å². The second kappa shape index (κ2) is 10.1. The molecule has 1 N–H and O–H groups in total. The molecule has 152 valence electrons. The van der Waals surface area contributed by atoms with E-state index in [1.165, 1.54) is 0 Å². The van der Waals surface area contributed by atoms with Crippen LogP contribution in [0.1, 0.15) is 37.6 Å². The van der Waals surface area contributed by atoms with Gasteiger partial charge in [0.1, 0.15) is 5.75 Å². The second-order valence-corrected chi connectivity index (χ2v) is 7.23. The number of benzene rings is 2. The van der Waals surface area contributed by atoms with Crippen molar-refractivity contribution in [3.05, 3.63) is 65.1 Å². The number of aromatic nitrogens is 1. The molecule has 5 nitrogen and oxygen atoms in total. The molecule has 2 aromatic carbocycles. The van der Waals surface area contributed by atoms with Gasteiger partial charge in [0, 0.05) is 24.1 Å². The van der Waals surface area contributed by atoms with Gasteiger partial charge in [0.15, 0.2) is 11.7 Å². The molecule has 0 unspecified atom stereocenters. The van der Waals surface area contributed by atoms with Crippen molar-refractivity contribution >= 4 is 23.2 Å². The molecule has 0 fully saturated rings. The predicted octanol–water partition coefficient (Wildman–Crippen LogP) is 6.05. The van der Waals surface area contributed by atoms with Crippen LogP contribution in [0.4, 0.5) is 5.69 Å². The Morgan fingerprint density at radius 2 is 2.07 bits per heavy atom. The van der Waals surface area contributed by atoms with Crippen molar-refractivity contribution in [3.63, 3.8) is 0 Å². The zero-order valence-corrected chi connectivity index (χ0v) is 17.5. The van der Waals surface area contributed by atoms with E-state index in [1.807, 2.05) is 43.3 Å². The first kappa shape index (κ1) is 20.9. The Balaban J connectivity index is 1.53. The van der Waals surface area contributed by atoms with E-state index >= 15 is 0 Å². The van der Waals surface area contributed by atoms with E-state index < -0.39 is 0 Å². The minimum absolute atomic E-state index is 0.0924. The Labute approximate surface area is 176 Å². The van der Waals surface area contributed by atoms with Crippen molar-refractivity contribution in [2.45, 2.75) is 39.5 Å². The summed E-state index contributed by atoms with van der Waals surface area (Å²) in [6, 6.07) is 13.1. The summed E-state index contributed by atoms with van der Waals surface area (Å²) in [5.41, 5.74) is 2.53. The average molecular weight is 413 g/mol. The number of nitrogens with one attached hydrogen (secondary N) is 1. The molecule has 0 saturated carbocycles. The fraction of sp³-hybridized carbons (Fsp3) is 0.304. The van der Waals surface area contributed by atoms with E-state index in [2.05, 4.69) is 17.2 Å². The number of anilines is 1. The molecule has 0 saturated heterocycles. The molecular formula is C23H25ClN2O3. The second-order valence-electron chi connectivity index (χ2n) is 6.83. The summed E-state index contributed by atoms with van der Waals surface area (Å²) in [5, 5.41) is 3.54. The number of oxazole rings is 1. The van der Waals surface area contributed by atoms with Crippen LogP contribution in [0.15, 0.2) is 53.1 Å². The largest absolute Gasteiger partial charge is 0.494 e. The monoisotopic (exact) mass is 412 g/mol. The summed E-state index contributed by atoms with van der Waals surface area (Å²) < 4.78 is 11.4. The van der Waals surface area contributed by atoms with Crippen molar-refractivity contribution in [1.82, 2.24) is 4.98 Å². The van der Waals surface area contributed by atoms with E-state index in [0.717, 1.165) is 35.4 Å². The first-order chi connectivity index (χ1) is 14.1. The summed E-state index contributed by atoms with van der Waals surface area (Å²) in [4.78, 5) is 16.6. The molecule has 3 rings (SSSR count). The fourth-order valence-corrected chi connectivity index (χ4v) is 3.07. The van der Waals surface area contributed by atoms with Gasteiger partial charge in [-0.1, -0.05) is 37.1 Å². The van der Waals surface area contributed by atoms with E-state index in [-0.39, 0.29) is 12.3 Å². The highest BCUT2D eigenvalue weighted by Crippen LogP contribution is 2.28. The highest BCUT2D eigenvalue weighted by Gasteiger charge is 2.12. The lowest BCUT2D eigenvalue weighted by Crippen LogP contribution is -2.13. The first-order valence-electron chi connectivity index (χ1n) is 9.79. The molecule has 29 heavy (non-hydrogen) atoms. The van der Waals surface area contributed by atoms with Crippen LogP contribution in [0, 0.1) is 6.92 Å². The van der Waals surface area contributed by atoms with Gasteiger partial charge in [0.05, 0.1) is 17.8 Å². The number of nitrogens with zero attached hydrogens (tertiary/aromatic N) is 1. The van der Waals surface area contributed by atoms with Crippen LogP contribution in [0.5, 0.6) is 5.75 Å². The van der Waals surface area contributed by atoms with Gasteiger partial charge >= 0.3 is 0 Å². The number of unbranched alkanes of at least 4 members (excludes halogenated alkanes) is 1. The Kier molecular flexibility index (Phi) is 7.30. The maximum Gasteiger partial charge on any atom is 0.224 e. The molecule has 3 aromatic rings. The molecule has 1 amide bonds. The average Bonchev–Trinajstić information content (AvgIpc) is 3.18. The van der Waals surface area contributed by atoms with Crippen LogP contribution in [-0.4, -0.2) is 17.5 Å². The van der Waals surface area contributed by atoms with Crippen LogP contribution in [0.2, 0.25) is 5.02 Å². The number of halogens is 1. The molecule has 6 heteroatoms. The number of carbonyl (C=O) groups is 1. The number of hydrogen-bond acceptors (Lipinski definition) is 4. The topological polar surface area (TPSA) is 64.4 Å². The van der Waals surface area contributed by atoms with Crippen molar-refractivity contribution in [2.24, 2.45) is 0 Å². The van der Waals surface area contributed by atoms with Crippen LogP contribution < -0.4 is 10.1 Å². The minimum Gasteiger partial charge on any atom is -0.494 e. The number of rotatable bonds is 9. The summed E-state index contributed by atoms with van der Waals surface area (Å²) in [6.45, 7) is 4.78. The third kappa shape index (κ3) is 5.84. The molecular weight excluding hydrogens is 388 g/mol. The highest BCUT2D eigenvalue weighted by atomic mass is 35.5. The zero-order chi connectivity index (χ0) is 20.6. The fourth-order valence-electron chi connectivity index (χ4n) is 2.85. The van der Waals surface area contributed by atoms with Gasteiger partial charge in [-0.15, -0.1) is 0 Å². The summed E-state index contributed by atoms with van der Waals surface area (Å²) >= 11 is 6.19. The Bertz CT molecular complexity index is 968. The van der Waals surface area contributed by atoms with Crippen LogP contribution in [0.25, 0.3) is 11.3 Å². The first-order valence-corrected chi connectivity index (χ1v) is 10.2. The van der Waals surface area contributed by atoms with Gasteiger partial charge in [-0.3, -0.25) is 4.79 Å². The zero-order valence-electron chi connectivity index (χ0n) is 16.7. The van der Waals surface area contributed by atoms with E-state index in [4.69, 9.17) is 20.8 Å².